The number of nitrogens with zero attached hydrogens (tertiary/aromatic N) is 4. The molecule has 1 aliphatic rings. The Morgan fingerprint density at radius 1 is 1.33 bits per heavy atom. The monoisotopic (exact) mass is 329 g/mol. The number of amides is 1. The predicted octanol–water partition coefficient (Wildman–Crippen LogP) is 1.19. The highest BCUT2D eigenvalue weighted by molar-refractivity contribution is 5.80. The van der Waals surface area contributed by atoms with Gasteiger partial charge in [-0.1, -0.05) is 6.07 Å². The molecule has 2 aromatic heterocycles. The maximum Gasteiger partial charge on any atom is 0.224 e. The molecule has 0 saturated carbocycles. The van der Waals surface area contributed by atoms with E-state index >= 15 is 0 Å². The van der Waals surface area contributed by atoms with Gasteiger partial charge in [0.2, 0.25) is 11.8 Å². The number of rotatable bonds is 5. The summed E-state index contributed by atoms with van der Waals surface area (Å²) in [5.41, 5.74) is 3.23. The predicted molar refractivity (Wildman–Crippen MR) is 89.5 cm³/mol. The van der Waals surface area contributed by atoms with Gasteiger partial charge in [0.15, 0.2) is 0 Å². The first-order chi connectivity index (χ1) is 11.5. The van der Waals surface area contributed by atoms with Crippen LogP contribution in [0.4, 0.5) is 0 Å². The second-order valence-corrected chi connectivity index (χ2v) is 6.16. The summed E-state index contributed by atoms with van der Waals surface area (Å²) < 4.78 is 6.92. The van der Waals surface area contributed by atoms with Crippen molar-refractivity contribution in [3.8, 4) is 5.88 Å². The van der Waals surface area contributed by atoms with Crippen LogP contribution in [0, 0.1) is 6.92 Å². The molecule has 1 fully saturated rings. The molecule has 0 bridgehead atoms. The van der Waals surface area contributed by atoms with Crippen molar-refractivity contribution in [3.63, 3.8) is 0 Å². The van der Waals surface area contributed by atoms with Crippen LogP contribution in [0.15, 0.2) is 24.5 Å². The van der Waals surface area contributed by atoms with Gasteiger partial charge in [0, 0.05) is 56.6 Å². The van der Waals surface area contributed by atoms with Gasteiger partial charge >= 0.3 is 0 Å². The number of likely N-dealkylation sites (N-methyl/N-ethyl adjacent to an activating group) is 1. The molecule has 3 rings (SSSR count). The average Bonchev–Trinajstić information content (AvgIpc) is 3.06. The van der Waals surface area contributed by atoms with E-state index in [1.807, 2.05) is 48.9 Å². The lowest BCUT2D eigenvalue weighted by atomic mass is 10.0. The molecule has 1 aliphatic heterocycles. The Morgan fingerprint density at radius 2 is 2.12 bits per heavy atom. The van der Waals surface area contributed by atoms with Crippen LogP contribution in [-0.4, -0.2) is 45.8 Å². The van der Waals surface area contributed by atoms with Crippen molar-refractivity contribution in [2.24, 2.45) is 7.05 Å². The zero-order valence-electron chi connectivity index (χ0n) is 14.5. The van der Waals surface area contributed by atoms with Gasteiger partial charge in [-0.05, 0) is 12.5 Å². The fourth-order valence-corrected chi connectivity index (χ4v) is 3.17. The Kier molecular flexibility index (Phi) is 4.53. The van der Waals surface area contributed by atoms with Crippen LogP contribution < -0.4 is 10.1 Å². The zero-order valence-corrected chi connectivity index (χ0v) is 14.5. The Morgan fingerprint density at radius 3 is 2.71 bits per heavy atom. The Balaban J connectivity index is 1.75. The van der Waals surface area contributed by atoms with Crippen molar-refractivity contribution in [3.05, 3.63) is 41.3 Å². The number of pyridine rings is 1. The smallest absolute Gasteiger partial charge is 0.224 e. The topological polar surface area (TPSA) is 72.3 Å². The van der Waals surface area contributed by atoms with E-state index in [0.717, 1.165) is 16.8 Å². The van der Waals surface area contributed by atoms with Crippen molar-refractivity contribution >= 4 is 5.91 Å². The lowest BCUT2D eigenvalue weighted by Crippen LogP contribution is -2.35. The van der Waals surface area contributed by atoms with Crippen LogP contribution >= 0.6 is 0 Å². The lowest BCUT2D eigenvalue weighted by molar-refractivity contribution is -0.127. The number of nitrogens with one attached hydrogen (secondary N) is 1. The van der Waals surface area contributed by atoms with Gasteiger partial charge < -0.3 is 15.0 Å². The third-order valence-electron chi connectivity index (χ3n) is 4.75. The van der Waals surface area contributed by atoms with Crippen molar-refractivity contribution in [2.45, 2.75) is 32.0 Å². The minimum Gasteiger partial charge on any atom is -0.481 e. The summed E-state index contributed by atoms with van der Waals surface area (Å²) in [5, 5.41) is 7.82. The number of hydrogen-bond acceptors (Lipinski definition) is 5. The number of aromatic nitrogens is 3. The second-order valence-electron chi connectivity index (χ2n) is 6.16. The molecular formula is C17H23N5O2. The number of ether oxygens (including phenoxy) is 1. The first-order valence-electron chi connectivity index (χ1n) is 7.97. The second kappa shape index (κ2) is 6.60. The molecule has 1 amide bonds. The third kappa shape index (κ3) is 2.99. The summed E-state index contributed by atoms with van der Waals surface area (Å²) in [7, 11) is 5.37. The molecule has 0 spiro atoms. The van der Waals surface area contributed by atoms with E-state index in [9.17, 15) is 4.79 Å². The van der Waals surface area contributed by atoms with Gasteiger partial charge in [-0.25, -0.2) is 4.98 Å². The highest BCUT2D eigenvalue weighted by Crippen LogP contribution is 2.33. The van der Waals surface area contributed by atoms with Crippen LogP contribution in [0.25, 0.3) is 0 Å². The molecule has 0 aliphatic carbocycles. The Hall–Kier alpha value is -2.41. The highest BCUT2D eigenvalue weighted by atomic mass is 16.5. The summed E-state index contributed by atoms with van der Waals surface area (Å²) in [4.78, 5) is 18.2. The molecule has 7 nitrogen and oxygen atoms in total. The van der Waals surface area contributed by atoms with E-state index in [0.29, 0.717) is 18.8 Å². The van der Waals surface area contributed by atoms with Crippen LogP contribution in [0.1, 0.15) is 29.3 Å². The number of carbonyl (C=O) groups excluding carboxylic acids is 1. The van der Waals surface area contributed by atoms with Crippen LogP contribution in [0.2, 0.25) is 0 Å². The zero-order chi connectivity index (χ0) is 17.3. The molecule has 24 heavy (non-hydrogen) atoms. The third-order valence-corrected chi connectivity index (χ3v) is 4.75. The van der Waals surface area contributed by atoms with Crippen molar-refractivity contribution in [1.82, 2.24) is 25.0 Å². The van der Waals surface area contributed by atoms with Gasteiger partial charge in [-0.3, -0.25) is 9.48 Å². The SMILES string of the molecule is COc1ccc(CN[C@@H]2CC(=O)N(C)[C@H]2c2cnn(C)c2C)cn1. The molecule has 0 radical (unpaired) electrons. The minimum absolute atomic E-state index is 0.00240. The molecule has 0 unspecified atom stereocenters. The molecule has 1 saturated heterocycles. The lowest BCUT2D eigenvalue weighted by Gasteiger charge is -2.25. The molecule has 2 aromatic rings. The maximum absolute atomic E-state index is 12.2. The van der Waals surface area contributed by atoms with Crippen LogP contribution in [-0.2, 0) is 18.4 Å². The highest BCUT2D eigenvalue weighted by Gasteiger charge is 2.39. The fourth-order valence-electron chi connectivity index (χ4n) is 3.17. The van der Waals surface area contributed by atoms with Gasteiger partial charge in [0.05, 0.1) is 19.3 Å². The first-order valence-corrected chi connectivity index (χ1v) is 7.97. The van der Waals surface area contributed by atoms with Crippen molar-refractivity contribution < 1.29 is 9.53 Å². The standard InChI is InChI=1S/C17H23N5O2/c1-11-13(10-20-22(11)3)17-14(7-16(23)21(17)2)18-8-12-5-6-15(24-4)19-9-12/h5-6,9-10,14,17-18H,7-8H2,1-4H3/t14-,17+/m1/s1. The number of hydrogen-bond donors (Lipinski definition) is 1. The number of aryl methyl sites for hydroxylation is 1. The molecular weight excluding hydrogens is 306 g/mol. The van der Waals surface area contributed by atoms with E-state index in [1.54, 1.807) is 13.3 Å². The summed E-state index contributed by atoms with van der Waals surface area (Å²) in [6, 6.07) is 3.86. The van der Waals surface area contributed by atoms with Crippen LogP contribution in [0.5, 0.6) is 5.88 Å². The van der Waals surface area contributed by atoms with E-state index in [4.69, 9.17) is 4.74 Å². The largest absolute Gasteiger partial charge is 0.481 e. The Labute approximate surface area is 141 Å². The summed E-state index contributed by atoms with van der Waals surface area (Å²) >= 11 is 0. The van der Waals surface area contributed by atoms with Gasteiger partial charge in [-0.15, -0.1) is 0 Å². The minimum atomic E-state index is -0.00240. The quantitative estimate of drug-likeness (QED) is 0.892. The molecule has 7 heteroatoms. The number of carbonyl (C=O) groups is 1. The van der Waals surface area contributed by atoms with E-state index in [2.05, 4.69) is 15.4 Å². The van der Waals surface area contributed by atoms with E-state index < -0.39 is 0 Å². The summed E-state index contributed by atoms with van der Waals surface area (Å²) in [6.07, 6.45) is 4.13. The van der Waals surface area contributed by atoms with E-state index in [-0.39, 0.29) is 18.0 Å². The Bertz CT molecular complexity index is 725. The molecule has 3 heterocycles. The number of likely N-dealkylation sites (tertiary alicyclic amines) is 1. The summed E-state index contributed by atoms with van der Waals surface area (Å²) in [5.74, 6) is 0.743. The van der Waals surface area contributed by atoms with Crippen molar-refractivity contribution in [1.29, 1.82) is 0 Å². The average molecular weight is 329 g/mol. The first kappa shape index (κ1) is 16.4. The van der Waals surface area contributed by atoms with Crippen LogP contribution in [0.3, 0.4) is 0 Å². The molecule has 2 atom stereocenters. The fraction of sp³-hybridized carbons (Fsp3) is 0.471. The van der Waals surface area contributed by atoms with Gasteiger partial charge in [0.1, 0.15) is 0 Å². The van der Waals surface area contributed by atoms with E-state index in [1.165, 1.54) is 0 Å². The molecule has 1 N–H and O–H groups in total. The van der Waals surface area contributed by atoms with Crippen molar-refractivity contribution in [2.75, 3.05) is 14.2 Å². The maximum atomic E-state index is 12.2. The molecule has 0 aromatic carbocycles. The number of methoxy groups -OCH3 is 1. The summed E-state index contributed by atoms with van der Waals surface area (Å²) in [6.45, 7) is 2.68. The molecule has 128 valence electrons. The van der Waals surface area contributed by atoms with Gasteiger partial charge in [0.25, 0.3) is 0 Å². The normalized spacial score (nSPS) is 20.7. The van der Waals surface area contributed by atoms with Gasteiger partial charge in [-0.2, -0.15) is 5.10 Å².